The van der Waals surface area contributed by atoms with Gasteiger partial charge in [0.15, 0.2) is 11.5 Å². The van der Waals surface area contributed by atoms with Crippen LogP contribution in [-0.2, 0) is 16.6 Å². The molecule has 36 heavy (non-hydrogen) atoms. The molecule has 0 bridgehead atoms. The first-order chi connectivity index (χ1) is 17.0. The zero-order valence-electron chi connectivity index (χ0n) is 20.1. The van der Waals surface area contributed by atoms with E-state index in [1.165, 1.54) is 7.11 Å². The summed E-state index contributed by atoms with van der Waals surface area (Å²) in [5, 5.41) is 4.56. The second-order valence-corrected chi connectivity index (χ2v) is 10.4. The molecule has 0 aliphatic rings. The molecule has 3 rings (SSSR count). The van der Waals surface area contributed by atoms with Gasteiger partial charge in [-0.25, -0.2) is 13.8 Å². The average molecular weight is 550 g/mol. The summed E-state index contributed by atoms with van der Waals surface area (Å²) in [5.41, 5.74) is 5.13. The first-order valence-corrected chi connectivity index (χ1v) is 13.2. The second kappa shape index (κ2) is 11.6. The third-order valence-electron chi connectivity index (χ3n) is 5.27. The highest BCUT2D eigenvalue weighted by Crippen LogP contribution is 2.34. The van der Waals surface area contributed by atoms with E-state index < -0.39 is 15.9 Å². The molecule has 0 unspecified atom stereocenters. The van der Waals surface area contributed by atoms with Crippen molar-refractivity contribution in [2.75, 3.05) is 24.8 Å². The third-order valence-corrected chi connectivity index (χ3v) is 7.20. The number of hydrazone groups is 1. The fourth-order valence-corrected chi connectivity index (χ4v) is 4.66. The van der Waals surface area contributed by atoms with Crippen LogP contribution in [0.1, 0.15) is 28.4 Å². The molecule has 0 saturated heterocycles. The molecular weight excluding hydrogens is 525 g/mol. The van der Waals surface area contributed by atoms with Crippen LogP contribution in [0.25, 0.3) is 0 Å². The number of sulfonamides is 1. The van der Waals surface area contributed by atoms with Gasteiger partial charge >= 0.3 is 0 Å². The van der Waals surface area contributed by atoms with Crippen LogP contribution in [0, 0.1) is 0 Å². The molecule has 8 nitrogen and oxygen atoms in total. The summed E-state index contributed by atoms with van der Waals surface area (Å²) < 4.78 is 36.6. The van der Waals surface area contributed by atoms with Crippen molar-refractivity contribution in [3.63, 3.8) is 0 Å². The number of benzene rings is 3. The fourth-order valence-electron chi connectivity index (χ4n) is 3.32. The Morgan fingerprint density at radius 1 is 0.972 bits per heavy atom. The number of nitrogens with one attached hydrogen (secondary N) is 1. The lowest BCUT2D eigenvalue weighted by Crippen LogP contribution is -2.29. The Balaban J connectivity index is 1.74. The van der Waals surface area contributed by atoms with Crippen LogP contribution in [0.15, 0.2) is 65.8 Å². The van der Waals surface area contributed by atoms with E-state index in [1.54, 1.807) is 74.7 Å². The maximum Gasteiger partial charge on any atom is 0.271 e. The van der Waals surface area contributed by atoms with Gasteiger partial charge in [0.25, 0.3) is 5.91 Å². The van der Waals surface area contributed by atoms with Crippen molar-refractivity contribution in [2.45, 2.75) is 13.5 Å². The van der Waals surface area contributed by atoms with E-state index in [4.69, 9.17) is 32.7 Å². The van der Waals surface area contributed by atoms with Crippen molar-refractivity contribution in [1.82, 2.24) is 5.43 Å². The summed E-state index contributed by atoms with van der Waals surface area (Å²) in [6.07, 6.45) is 1.09. The highest BCUT2D eigenvalue weighted by Gasteiger charge is 2.21. The minimum atomic E-state index is -3.66. The maximum atomic E-state index is 12.6. The average Bonchev–Trinajstić information content (AvgIpc) is 2.86. The van der Waals surface area contributed by atoms with Gasteiger partial charge < -0.3 is 9.47 Å². The predicted molar refractivity (Wildman–Crippen MR) is 143 cm³/mol. The quantitative estimate of drug-likeness (QED) is 0.294. The molecule has 0 atom stereocenters. The molecule has 0 aliphatic carbocycles. The van der Waals surface area contributed by atoms with Gasteiger partial charge in [-0.2, -0.15) is 5.10 Å². The zero-order valence-corrected chi connectivity index (χ0v) is 22.4. The predicted octanol–water partition coefficient (Wildman–Crippen LogP) is 5.13. The fraction of sp³-hybridized carbons (Fsp3) is 0.200. The van der Waals surface area contributed by atoms with Crippen LogP contribution >= 0.6 is 23.2 Å². The Kier molecular flexibility index (Phi) is 8.84. The lowest BCUT2D eigenvalue weighted by Gasteiger charge is -2.24. The number of hydrogen-bond donors (Lipinski definition) is 1. The van der Waals surface area contributed by atoms with E-state index in [-0.39, 0.29) is 22.3 Å². The highest BCUT2D eigenvalue weighted by atomic mass is 35.5. The van der Waals surface area contributed by atoms with Crippen molar-refractivity contribution < 1.29 is 22.7 Å². The van der Waals surface area contributed by atoms with Crippen molar-refractivity contribution in [3.8, 4) is 11.5 Å². The van der Waals surface area contributed by atoms with Crippen molar-refractivity contribution in [2.24, 2.45) is 5.10 Å². The maximum absolute atomic E-state index is 12.6. The number of rotatable bonds is 9. The normalized spacial score (nSPS) is 11.7. The zero-order chi connectivity index (χ0) is 26.5. The SMILES string of the molecule is COc1ccc(/C(C)=N\NC(=O)c2ccc(CN(c3cccc(Cl)c3Cl)S(C)(=O)=O)cc2)cc1OC. The van der Waals surface area contributed by atoms with Gasteiger partial charge in [0.2, 0.25) is 10.0 Å². The molecule has 0 aliphatic heterocycles. The van der Waals surface area contributed by atoms with E-state index in [9.17, 15) is 13.2 Å². The summed E-state index contributed by atoms with van der Waals surface area (Å²) in [6.45, 7) is 1.77. The van der Waals surface area contributed by atoms with Crippen LogP contribution in [-0.4, -0.2) is 40.5 Å². The number of amides is 1. The molecule has 3 aromatic carbocycles. The smallest absolute Gasteiger partial charge is 0.271 e. The number of methoxy groups -OCH3 is 2. The van der Waals surface area contributed by atoms with Gasteiger partial charge in [-0.05, 0) is 55.0 Å². The number of anilines is 1. The number of ether oxygens (including phenoxy) is 2. The van der Waals surface area contributed by atoms with Crippen LogP contribution in [0.4, 0.5) is 5.69 Å². The standard InChI is InChI=1S/C25H25Cl2N3O5S/c1-16(19-12-13-22(34-2)23(14-19)35-3)28-29-25(31)18-10-8-17(9-11-18)15-30(36(4,32)33)21-7-5-6-20(26)24(21)27/h5-14H,15H2,1-4H3,(H,29,31)/b28-16-. The van der Waals surface area contributed by atoms with E-state index in [0.29, 0.717) is 28.3 Å². The lowest BCUT2D eigenvalue weighted by atomic mass is 10.1. The Bertz CT molecular complexity index is 1390. The van der Waals surface area contributed by atoms with Gasteiger partial charge in [-0.1, -0.05) is 41.4 Å². The molecule has 1 amide bonds. The Morgan fingerprint density at radius 3 is 2.22 bits per heavy atom. The Morgan fingerprint density at radius 2 is 1.61 bits per heavy atom. The molecule has 3 aromatic rings. The molecule has 0 saturated carbocycles. The van der Waals surface area contributed by atoms with Crippen LogP contribution in [0.2, 0.25) is 10.0 Å². The van der Waals surface area contributed by atoms with Crippen LogP contribution in [0.3, 0.4) is 0 Å². The van der Waals surface area contributed by atoms with Gasteiger partial charge in [-0.15, -0.1) is 0 Å². The van der Waals surface area contributed by atoms with E-state index in [2.05, 4.69) is 10.5 Å². The lowest BCUT2D eigenvalue weighted by molar-refractivity contribution is 0.0955. The number of halogens is 2. The largest absolute Gasteiger partial charge is 0.493 e. The van der Waals surface area contributed by atoms with Gasteiger partial charge in [-0.3, -0.25) is 9.10 Å². The van der Waals surface area contributed by atoms with Crippen molar-refractivity contribution >= 4 is 50.5 Å². The molecular formula is C25H25Cl2N3O5S. The highest BCUT2D eigenvalue weighted by molar-refractivity contribution is 7.92. The summed E-state index contributed by atoms with van der Waals surface area (Å²) in [7, 11) is -0.569. The van der Waals surface area contributed by atoms with Crippen molar-refractivity contribution in [3.05, 3.63) is 87.4 Å². The first kappa shape index (κ1) is 27.3. The molecule has 11 heteroatoms. The summed E-state index contributed by atoms with van der Waals surface area (Å²) in [4.78, 5) is 12.6. The summed E-state index contributed by atoms with van der Waals surface area (Å²) in [6, 6.07) is 16.6. The van der Waals surface area contributed by atoms with E-state index >= 15 is 0 Å². The number of carbonyl (C=O) groups is 1. The van der Waals surface area contributed by atoms with Gasteiger partial charge in [0.05, 0.1) is 48.5 Å². The summed E-state index contributed by atoms with van der Waals surface area (Å²) >= 11 is 12.3. The molecule has 0 radical (unpaired) electrons. The summed E-state index contributed by atoms with van der Waals surface area (Å²) in [5.74, 6) is 0.721. The van der Waals surface area contributed by atoms with Crippen LogP contribution in [0.5, 0.6) is 11.5 Å². The minimum Gasteiger partial charge on any atom is -0.493 e. The van der Waals surface area contributed by atoms with E-state index in [1.807, 2.05) is 0 Å². The Labute approximate surface area is 220 Å². The molecule has 190 valence electrons. The second-order valence-electron chi connectivity index (χ2n) is 7.75. The molecule has 0 spiro atoms. The topological polar surface area (TPSA) is 97.3 Å². The van der Waals surface area contributed by atoms with Gasteiger partial charge in [0.1, 0.15) is 0 Å². The van der Waals surface area contributed by atoms with Gasteiger partial charge in [0, 0.05) is 11.1 Å². The number of carbonyl (C=O) groups excluding carboxylic acids is 1. The molecule has 0 heterocycles. The Hall–Kier alpha value is -3.27. The van der Waals surface area contributed by atoms with Crippen LogP contribution < -0.4 is 19.2 Å². The monoisotopic (exact) mass is 549 g/mol. The van der Waals surface area contributed by atoms with Crippen molar-refractivity contribution in [1.29, 1.82) is 0 Å². The third kappa shape index (κ3) is 6.48. The molecule has 0 fully saturated rings. The number of hydrogen-bond acceptors (Lipinski definition) is 6. The molecule has 1 N–H and O–H groups in total. The van der Waals surface area contributed by atoms with E-state index in [0.717, 1.165) is 16.1 Å². The number of nitrogens with zero attached hydrogens (tertiary/aromatic N) is 2. The minimum absolute atomic E-state index is 0.0113. The first-order valence-electron chi connectivity index (χ1n) is 10.6. The molecule has 0 aromatic heterocycles.